The Labute approximate surface area is 138 Å². The molecule has 6 heteroatoms. The first kappa shape index (κ1) is 16.1. The van der Waals surface area contributed by atoms with E-state index in [1.807, 2.05) is 49.6 Å². The Bertz CT molecular complexity index is 926. The second kappa shape index (κ2) is 5.70. The molecule has 0 saturated carbocycles. The highest BCUT2D eigenvalue weighted by Crippen LogP contribution is 2.28. The van der Waals surface area contributed by atoms with Crippen LogP contribution < -0.4 is 5.32 Å². The van der Waals surface area contributed by atoms with Gasteiger partial charge in [-0.15, -0.1) is 0 Å². The van der Waals surface area contributed by atoms with Crippen molar-refractivity contribution in [1.29, 1.82) is 0 Å². The van der Waals surface area contributed by atoms with E-state index in [1.54, 1.807) is 0 Å². The molecule has 4 nitrogen and oxygen atoms in total. The molecule has 0 unspecified atom stereocenters. The van der Waals surface area contributed by atoms with Gasteiger partial charge < -0.3 is 4.57 Å². The fraction of sp³-hybridized carbons (Fsp3) is 0.222. The highest BCUT2D eigenvalue weighted by molar-refractivity contribution is 6.04. The number of rotatable bonds is 2. The fourth-order valence-electron chi connectivity index (χ4n) is 2.64. The Morgan fingerprint density at radius 2 is 1.79 bits per heavy atom. The number of amides is 1. The molecule has 0 fully saturated rings. The Morgan fingerprint density at radius 3 is 2.50 bits per heavy atom. The molecule has 0 aliphatic carbocycles. The lowest BCUT2D eigenvalue weighted by Gasteiger charge is -2.24. The Morgan fingerprint density at radius 1 is 1.08 bits per heavy atom. The summed E-state index contributed by atoms with van der Waals surface area (Å²) >= 11 is 0. The molecular weight excluding hydrogens is 312 g/mol. The number of halogens is 2. The molecule has 0 spiro atoms. The summed E-state index contributed by atoms with van der Waals surface area (Å²) in [5.74, 6) is -2.69. The van der Waals surface area contributed by atoms with Gasteiger partial charge in [-0.1, -0.05) is 18.2 Å². The third kappa shape index (κ3) is 2.75. The summed E-state index contributed by atoms with van der Waals surface area (Å²) in [7, 11) is 0. The summed E-state index contributed by atoms with van der Waals surface area (Å²) in [6.07, 6.45) is 0. The van der Waals surface area contributed by atoms with Crippen molar-refractivity contribution in [3.63, 3.8) is 0 Å². The molecule has 0 saturated heterocycles. The second-order valence-electron chi connectivity index (χ2n) is 6.49. The largest absolute Gasteiger partial charge is 0.305 e. The van der Waals surface area contributed by atoms with Gasteiger partial charge in [0.2, 0.25) is 5.95 Å². The van der Waals surface area contributed by atoms with E-state index >= 15 is 0 Å². The molecule has 24 heavy (non-hydrogen) atoms. The lowest BCUT2D eigenvalue weighted by atomic mass is 10.1. The summed E-state index contributed by atoms with van der Waals surface area (Å²) in [4.78, 5) is 16.8. The van der Waals surface area contributed by atoms with Crippen LogP contribution in [0.1, 0.15) is 31.1 Å². The van der Waals surface area contributed by atoms with Gasteiger partial charge in [-0.2, -0.15) is 0 Å². The number of benzene rings is 2. The lowest BCUT2D eigenvalue weighted by Crippen LogP contribution is -2.26. The van der Waals surface area contributed by atoms with Crippen molar-refractivity contribution < 1.29 is 13.6 Å². The zero-order valence-electron chi connectivity index (χ0n) is 13.6. The first-order valence-electron chi connectivity index (χ1n) is 7.52. The normalized spacial score (nSPS) is 11.7. The van der Waals surface area contributed by atoms with Crippen LogP contribution in [0.2, 0.25) is 0 Å². The minimum atomic E-state index is -1.17. The molecular formula is C18H17F2N3O. The lowest BCUT2D eigenvalue weighted by molar-refractivity contribution is 0.102. The minimum absolute atomic E-state index is 0.289. The summed E-state index contributed by atoms with van der Waals surface area (Å²) < 4.78 is 29.0. The molecule has 0 aliphatic rings. The number of carbonyl (C=O) groups is 1. The molecule has 1 N–H and O–H groups in total. The van der Waals surface area contributed by atoms with E-state index in [9.17, 15) is 13.6 Å². The zero-order valence-corrected chi connectivity index (χ0v) is 13.6. The van der Waals surface area contributed by atoms with Gasteiger partial charge in [0, 0.05) is 5.54 Å². The van der Waals surface area contributed by atoms with Crippen molar-refractivity contribution >= 4 is 22.9 Å². The van der Waals surface area contributed by atoms with Crippen molar-refractivity contribution in [3.05, 3.63) is 59.7 Å². The maximum absolute atomic E-state index is 13.8. The molecule has 1 aromatic heterocycles. The maximum Gasteiger partial charge on any atom is 0.261 e. The van der Waals surface area contributed by atoms with Gasteiger partial charge in [-0.25, -0.2) is 13.8 Å². The molecule has 0 atom stereocenters. The Kier molecular flexibility index (Phi) is 3.83. The number of nitrogens with one attached hydrogen (secondary N) is 1. The van der Waals surface area contributed by atoms with E-state index in [-0.39, 0.29) is 17.1 Å². The number of hydrogen-bond donors (Lipinski definition) is 1. The van der Waals surface area contributed by atoms with Gasteiger partial charge >= 0.3 is 0 Å². The summed E-state index contributed by atoms with van der Waals surface area (Å²) in [6.45, 7) is 5.92. The molecule has 1 heterocycles. The first-order valence-corrected chi connectivity index (χ1v) is 7.52. The molecule has 2 aromatic carbocycles. The molecule has 3 rings (SSSR count). The van der Waals surface area contributed by atoms with Crippen LogP contribution in [-0.4, -0.2) is 15.5 Å². The standard InChI is InChI=1S/C18H17F2N3O/c1-18(2,3)23-14-10-5-4-9-13(14)21-17(23)22-16(24)11-7-6-8-12(19)15(11)20/h4-10H,1-3H3,(H,21,22,24). The van der Waals surface area contributed by atoms with Crippen molar-refractivity contribution in [2.45, 2.75) is 26.3 Å². The molecule has 124 valence electrons. The van der Waals surface area contributed by atoms with Crippen molar-refractivity contribution in [2.75, 3.05) is 5.32 Å². The fourth-order valence-corrected chi connectivity index (χ4v) is 2.64. The number of hydrogen-bond acceptors (Lipinski definition) is 2. The molecule has 3 aromatic rings. The van der Waals surface area contributed by atoms with Crippen molar-refractivity contribution in [2.24, 2.45) is 0 Å². The van der Waals surface area contributed by atoms with Gasteiger partial charge in [-0.05, 0) is 45.0 Å². The zero-order chi connectivity index (χ0) is 17.5. The SMILES string of the molecule is CC(C)(C)n1c(NC(=O)c2cccc(F)c2F)nc2ccccc21. The van der Waals surface area contributed by atoms with Crippen LogP contribution in [0.4, 0.5) is 14.7 Å². The van der Waals surface area contributed by atoms with Gasteiger partial charge in [0.15, 0.2) is 11.6 Å². The van der Waals surface area contributed by atoms with Crippen LogP contribution in [0.5, 0.6) is 0 Å². The van der Waals surface area contributed by atoms with E-state index in [4.69, 9.17) is 0 Å². The van der Waals surface area contributed by atoms with Gasteiger partial charge in [-0.3, -0.25) is 10.1 Å². The predicted octanol–water partition coefficient (Wildman–Crippen LogP) is 4.32. The van der Waals surface area contributed by atoms with Crippen LogP contribution in [0.25, 0.3) is 11.0 Å². The van der Waals surface area contributed by atoms with Crippen LogP contribution in [-0.2, 0) is 5.54 Å². The Hall–Kier alpha value is -2.76. The van der Waals surface area contributed by atoms with E-state index in [0.29, 0.717) is 5.52 Å². The molecule has 1 amide bonds. The van der Waals surface area contributed by atoms with Crippen LogP contribution in [0, 0.1) is 11.6 Å². The number of imidazole rings is 1. The van der Waals surface area contributed by atoms with E-state index < -0.39 is 17.5 Å². The van der Waals surface area contributed by atoms with Gasteiger partial charge in [0.05, 0.1) is 16.6 Å². The third-order valence-corrected chi connectivity index (χ3v) is 3.65. The van der Waals surface area contributed by atoms with Crippen LogP contribution in [0.15, 0.2) is 42.5 Å². The molecule has 0 aliphatic heterocycles. The van der Waals surface area contributed by atoms with Crippen molar-refractivity contribution in [1.82, 2.24) is 9.55 Å². The number of nitrogens with zero attached hydrogens (tertiary/aromatic N) is 2. The topological polar surface area (TPSA) is 46.9 Å². The Balaban J connectivity index is 2.07. The smallest absolute Gasteiger partial charge is 0.261 e. The second-order valence-corrected chi connectivity index (χ2v) is 6.49. The quantitative estimate of drug-likeness (QED) is 0.761. The predicted molar refractivity (Wildman–Crippen MR) is 89.0 cm³/mol. The monoisotopic (exact) mass is 329 g/mol. The van der Waals surface area contributed by atoms with E-state index in [0.717, 1.165) is 11.6 Å². The number of para-hydroxylation sites is 2. The average Bonchev–Trinajstić information content (AvgIpc) is 2.87. The van der Waals surface area contributed by atoms with Gasteiger partial charge in [0.1, 0.15) is 0 Å². The van der Waals surface area contributed by atoms with E-state index in [1.165, 1.54) is 12.1 Å². The summed E-state index contributed by atoms with van der Waals surface area (Å²) in [6, 6.07) is 10.9. The van der Waals surface area contributed by atoms with Crippen molar-refractivity contribution in [3.8, 4) is 0 Å². The highest BCUT2D eigenvalue weighted by Gasteiger charge is 2.24. The minimum Gasteiger partial charge on any atom is -0.305 e. The van der Waals surface area contributed by atoms with Crippen LogP contribution >= 0.6 is 0 Å². The van der Waals surface area contributed by atoms with E-state index in [2.05, 4.69) is 10.3 Å². The molecule has 0 bridgehead atoms. The number of aromatic nitrogens is 2. The summed E-state index contributed by atoms with van der Waals surface area (Å²) in [5, 5.41) is 2.60. The summed E-state index contributed by atoms with van der Waals surface area (Å²) in [5.41, 5.74) is 0.837. The maximum atomic E-state index is 13.8. The number of fused-ring (bicyclic) bond motifs is 1. The van der Waals surface area contributed by atoms with Gasteiger partial charge in [0.25, 0.3) is 5.91 Å². The molecule has 0 radical (unpaired) electrons. The average molecular weight is 329 g/mol. The number of carbonyl (C=O) groups excluding carboxylic acids is 1. The third-order valence-electron chi connectivity index (χ3n) is 3.65. The highest BCUT2D eigenvalue weighted by atomic mass is 19.2. The first-order chi connectivity index (χ1) is 11.3. The van der Waals surface area contributed by atoms with Crippen LogP contribution in [0.3, 0.4) is 0 Å². The number of anilines is 1.